The van der Waals surface area contributed by atoms with Gasteiger partial charge in [-0.25, -0.2) is 9.48 Å². The number of carbonyl (C=O) groups is 1. The zero-order chi connectivity index (χ0) is 19.1. The maximum absolute atomic E-state index is 12.4. The fourth-order valence-corrected chi connectivity index (χ4v) is 3.76. The topological polar surface area (TPSA) is 53.3 Å². The second-order valence-corrected chi connectivity index (χ2v) is 7.06. The Kier molecular flexibility index (Phi) is 4.76. The number of para-hydroxylation sites is 1. The van der Waals surface area contributed by atoms with Crippen LogP contribution in [0.4, 0.5) is 0 Å². The summed E-state index contributed by atoms with van der Waals surface area (Å²) in [6.45, 7) is 2.12. The van der Waals surface area contributed by atoms with Crippen molar-refractivity contribution in [3.63, 3.8) is 0 Å². The van der Waals surface area contributed by atoms with Crippen LogP contribution in [0.15, 0.2) is 36.4 Å². The number of halogens is 3. The molecule has 27 heavy (non-hydrogen) atoms. The SMILES string of the molecule is CCOC(=O)c1nn(-c2ccc(Cl)cc2Cl)c2c1COc1c(Cl)cccc1-2. The molecule has 0 spiro atoms. The zero-order valence-corrected chi connectivity index (χ0v) is 16.4. The van der Waals surface area contributed by atoms with E-state index in [1.165, 1.54) is 0 Å². The molecule has 0 bridgehead atoms. The first-order chi connectivity index (χ1) is 13.0. The highest BCUT2D eigenvalue weighted by Gasteiger charge is 2.32. The van der Waals surface area contributed by atoms with Crippen LogP contribution in [0.3, 0.4) is 0 Å². The minimum Gasteiger partial charge on any atom is -0.486 e. The number of fused-ring (bicyclic) bond motifs is 3. The van der Waals surface area contributed by atoms with Gasteiger partial charge in [0.15, 0.2) is 5.69 Å². The van der Waals surface area contributed by atoms with Gasteiger partial charge >= 0.3 is 5.97 Å². The van der Waals surface area contributed by atoms with E-state index in [0.29, 0.717) is 37.8 Å². The number of hydrogen-bond donors (Lipinski definition) is 0. The Morgan fingerprint density at radius 1 is 1.22 bits per heavy atom. The summed E-state index contributed by atoms with van der Waals surface area (Å²) in [5, 5.41) is 5.87. The van der Waals surface area contributed by atoms with Crippen LogP contribution in [0.2, 0.25) is 15.1 Å². The first kappa shape index (κ1) is 18.2. The molecule has 0 unspecified atom stereocenters. The molecule has 138 valence electrons. The third-order valence-corrected chi connectivity index (χ3v) is 5.01. The van der Waals surface area contributed by atoms with Crippen LogP contribution in [0.1, 0.15) is 23.0 Å². The lowest BCUT2D eigenvalue weighted by molar-refractivity contribution is 0.0516. The van der Waals surface area contributed by atoms with Gasteiger partial charge in [-0.2, -0.15) is 5.10 Å². The minimum atomic E-state index is -0.522. The number of carbonyl (C=O) groups excluding carboxylic acids is 1. The highest BCUT2D eigenvalue weighted by molar-refractivity contribution is 6.35. The summed E-state index contributed by atoms with van der Waals surface area (Å²) in [6.07, 6.45) is 0. The van der Waals surface area contributed by atoms with E-state index in [2.05, 4.69) is 5.10 Å². The van der Waals surface area contributed by atoms with Crippen molar-refractivity contribution in [2.24, 2.45) is 0 Å². The summed E-state index contributed by atoms with van der Waals surface area (Å²) >= 11 is 18.7. The van der Waals surface area contributed by atoms with Gasteiger partial charge in [-0.05, 0) is 37.3 Å². The first-order valence-corrected chi connectivity index (χ1v) is 9.30. The molecular formula is C19H13Cl3N2O3. The van der Waals surface area contributed by atoms with Crippen molar-refractivity contribution in [1.29, 1.82) is 0 Å². The highest BCUT2D eigenvalue weighted by Crippen LogP contribution is 2.44. The average molecular weight is 424 g/mol. The number of benzene rings is 2. The number of hydrogen-bond acceptors (Lipinski definition) is 4. The molecule has 0 atom stereocenters. The smallest absolute Gasteiger partial charge is 0.359 e. The van der Waals surface area contributed by atoms with Crippen LogP contribution in [-0.2, 0) is 11.3 Å². The van der Waals surface area contributed by atoms with Gasteiger partial charge in [0.1, 0.15) is 12.4 Å². The second-order valence-electron chi connectivity index (χ2n) is 5.81. The molecule has 0 N–H and O–H groups in total. The van der Waals surface area contributed by atoms with E-state index in [1.54, 1.807) is 35.9 Å². The first-order valence-electron chi connectivity index (χ1n) is 8.17. The Morgan fingerprint density at radius 2 is 2.04 bits per heavy atom. The average Bonchev–Trinajstić information content (AvgIpc) is 3.02. The maximum Gasteiger partial charge on any atom is 0.359 e. The molecule has 5 nitrogen and oxygen atoms in total. The Balaban J connectivity index is 2.01. The van der Waals surface area contributed by atoms with Gasteiger partial charge in [0.25, 0.3) is 0 Å². The van der Waals surface area contributed by atoms with Crippen molar-refractivity contribution in [1.82, 2.24) is 9.78 Å². The highest BCUT2D eigenvalue weighted by atomic mass is 35.5. The fourth-order valence-electron chi connectivity index (χ4n) is 3.04. The number of rotatable bonds is 3. The zero-order valence-electron chi connectivity index (χ0n) is 14.1. The largest absolute Gasteiger partial charge is 0.486 e. The number of ether oxygens (including phenoxy) is 2. The molecule has 1 aromatic heterocycles. The number of aromatic nitrogens is 2. The Labute approximate surface area is 170 Å². The summed E-state index contributed by atoms with van der Waals surface area (Å²) in [7, 11) is 0. The van der Waals surface area contributed by atoms with Gasteiger partial charge in [-0.15, -0.1) is 0 Å². The van der Waals surface area contributed by atoms with Crippen molar-refractivity contribution in [2.45, 2.75) is 13.5 Å². The van der Waals surface area contributed by atoms with Crippen molar-refractivity contribution in [2.75, 3.05) is 6.61 Å². The van der Waals surface area contributed by atoms with Crippen molar-refractivity contribution in [3.8, 4) is 22.7 Å². The predicted molar refractivity (Wildman–Crippen MR) is 104 cm³/mol. The van der Waals surface area contributed by atoms with E-state index in [9.17, 15) is 4.79 Å². The summed E-state index contributed by atoms with van der Waals surface area (Å²) in [6, 6.07) is 10.5. The summed E-state index contributed by atoms with van der Waals surface area (Å²) in [5.74, 6) is 0.0139. The van der Waals surface area contributed by atoms with Crippen molar-refractivity contribution in [3.05, 3.63) is 62.7 Å². The van der Waals surface area contributed by atoms with E-state index in [1.807, 2.05) is 12.1 Å². The molecule has 8 heteroatoms. The van der Waals surface area contributed by atoms with E-state index in [4.69, 9.17) is 44.3 Å². The molecule has 0 fully saturated rings. The van der Waals surface area contributed by atoms with Crippen LogP contribution in [0.5, 0.6) is 5.75 Å². The molecule has 2 aromatic carbocycles. The van der Waals surface area contributed by atoms with Crippen LogP contribution in [-0.4, -0.2) is 22.4 Å². The fraction of sp³-hybridized carbons (Fsp3) is 0.158. The van der Waals surface area contributed by atoms with Crippen molar-refractivity contribution < 1.29 is 14.3 Å². The standard InChI is InChI=1S/C19H13Cl3N2O3/c1-2-26-19(25)16-12-9-27-18-11(4-3-5-13(18)21)17(12)24(23-16)15-7-6-10(20)8-14(15)22/h3-8H,2,9H2,1H3. The van der Waals surface area contributed by atoms with Crippen LogP contribution in [0, 0.1) is 0 Å². The van der Waals surface area contributed by atoms with E-state index in [-0.39, 0.29) is 18.9 Å². The summed E-state index contributed by atoms with van der Waals surface area (Å²) < 4.78 is 12.6. The summed E-state index contributed by atoms with van der Waals surface area (Å²) in [4.78, 5) is 12.4. The molecule has 4 rings (SSSR count). The van der Waals surface area contributed by atoms with E-state index < -0.39 is 5.97 Å². The molecule has 0 aliphatic carbocycles. The van der Waals surface area contributed by atoms with Gasteiger partial charge in [-0.3, -0.25) is 0 Å². The molecule has 0 saturated heterocycles. The maximum atomic E-state index is 12.4. The third-order valence-electron chi connectivity index (χ3n) is 4.17. The molecular weight excluding hydrogens is 411 g/mol. The van der Waals surface area contributed by atoms with E-state index in [0.717, 1.165) is 5.56 Å². The molecule has 3 aromatic rings. The quantitative estimate of drug-likeness (QED) is 0.517. The lowest BCUT2D eigenvalue weighted by Crippen LogP contribution is -2.12. The summed E-state index contributed by atoms with van der Waals surface area (Å²) in [5.41, 5.74) is 2.79. The number of esters is 1. The Morgan fingerprint density at radius 3 is 2.78 bits per heavy atom. The van der Waals surface area contributed by atoms with E-state index >= 15 is 0 Å². The van der Waals surface area contributed by atoms with Gasteiger partial charge < -0.3 is 9.47 Å². The molecule has 0 saturated carbocycles. The molecule has 0 amide bonds. The monoisotopic (exact) mass is 422 g/mol. The molecule has 2 heterocycles. The molecule has 1 aliphatic heterocycles. The lowest BCUT2D eigenvalue weighted by atomic mass is 10.0. The molecule has 1 aliphatic rings. The minimum absolute atomic E-state index is 0.144. The third kappa shape index (κ3) is 3.06. The van der Waals surface area contributed by atoms with Gasteiger partial charge in [0, 0.05) is 10.6 Å². The van der Waals surface area contributed by atoms with Gasteiger partial charge in [-0.1, -0.05) is 40.9 Å². The molecule has 0 radical (unpaired) electrons. The lowest BCUT2D eigenvalue weighted by Gasteiger charge is -2.20. The van der Waals surface area contributed by atoms with Crippen LogP contribution in [0.25, 0.3) is 16.9 Å². The van der Waals surface area contributed by atoms with Crippen LogP contribution < -0.4 is 4.74 Å². The predicted octanol–water partition coefficient (Wildman–Crippen LogP) is 5.57. The Bertz CT molecular complexity index is 1060. The van der Waals surface area contributed by atoms with Crippen LogP contribution >= 0.6 is 34.8 Å². The Hall–Kier alpha value is -2.21. The normalized spacial score (nSPS) is 12.1. The second kappa shape index (κ2) is 7.08. The van der Waals surface area contributed by atoms with Gasteiger partial charge in [0.2, 0.25) is 0 Å². The van der Waals surface area contributed by atoms with Crippen molar-refractivity contribution >= 4 is 40.8 Å². The van der Waals surface area contributed by atoms with Gasteiger partial charge in [0.05, 0.1) is 33.6 Å². The number of nitrogens with zero attached hydrogens (tertiary/aromatic N) is 2.